The Bertz CT molecular complexity index is 454. The number of amides is 1. The van der Waals surface area contributed by atoms with Gasteiger partial charge in [0.2, 0.25) is 5.91 Å². The smallest absolute Gasteiger partial charge is 0.223 e. The van der Waals surface area contributed by atoms with Crippen molar-refractivity contribution in [3.8, 4) is 0 Å². The lowest BCUT2D eigenvalue weighted by Crippen LogP contribution is -2.48. The second-order valence-electron chi connectivity index (χ2n) is 5.84. The molecule has 1 aromatic carbocycles. The third-order valence-corrected chi connectivity index (χ3v) is 4.82. The average molecular weight is 353 g/mol. The van der Waals surface area contributed by atoms with E-state index in [1.807, 2.05) is 12.1 Å². The van der Waals surface area contributed by atoms with E-state index in [4.69, 9.17) is 0 Å². The lowest BCUT2D eigenvalue weighted by molar-refractivity contribution is -0.134. The van der Waals surface area contributed by atoms with Crippen LogP contribution in [0.4, 0.5) is 0 Å². The lowest BCUT2D eigenvalue weighted by atomic mass is 9.96. The van der Waals surface area contributed by atoms with Gasteiger partial charge in [-0.25, -0.2) is 0 Å². The van der Waals surface area contributed by atoms with E-state index in [0.29, 0.717) is 12.5 Å². The van der Waals surface area contributed by atoms with Crippen molar-refractivity contribution in [3.63, 3.8) is 0 Å². The van der Waals surface area contributed by atoms with Crippen LogP contribution in [0.25, 0.3) is 0 Å². The van der Waals surface area contributed by atoms with Crippen molar-refractivity contribution in [1.29, 1.82) is 0 Å². The summed E-state index contributed by atoms with van der Waals surface area (Å²) >= 11 is 3.45. The van der Waals surface area contributed by atoms with Crippen molar-refractivity contribution in [1.82, 2.24) is 10.2 Å². The number of nitrogens with one attached hydrogen (secondary N) is 1. The van der Waals surface area contributed by atoms with Gasteiger partial charge in [-0.05, 0) is 49.9 Å². The van der Waals surface area contributed by atoms with E-state index in [0.717, 1.165) is 36.9 Å². The molecule has 0 bridgehead atoms. The van der Waals surface area contributed by atoms with Gasteiger partial charge in [0, 0.05) is 30.0 Å². The van der Waals surface area contributed by atoms with Gasteiger partial charge >= 0.3 is 0 Å². The fourth-order valence-electron chi connectivity index (χ4n) is 3.03. The first-order chi connectivity index (χ1) is 10.1. The normalized spacial score (nSPS) is 20.0. The van der Waals surface area contributed by atoms with Crippen molar-refractivity contribution >= 4 is 21.8 Å². The molecule has 3 nitrogen and oxygen atoms in total. The third kappa shape index (κ3) is 4.55. The summed E-state index contributed by atoms with van der Waals surface area (Å²) in [6.07, 6.45) is 2.88. The molecule has 2 rings (SSSR count). The Balaban J connectivity index is 1.96. The number of hydrogen-bond acceptors (Lipinski definition) is 2. The summed E-state index contributed by atoms with van der Waals surface area (Å²) in [5, 5.41) is 3.40. The Labute approximate surface area is 136 Å². The molecule has 1 fully saturated rings. The molecule has 0 radical (unpaired) electrons. The third-order valence-electron chi connectivity index (χ3n) is 4.29. The standard InChI is InChI=1S/C17H25BrN2O/c1-3-20(16-5-4-10-19-12-16)17(21)11-13(2)14-6-8-15(18)9-7-14/h6-9,13,16,19H,3-5,10-12H2,1-2H3. The Morgan fingerprint density at radius 3 is 2.71 bits per heavy atom. The summed E-state index contributed by atoms with van der Waals surface area (Å²) in [5.74, 6) is 0.540. The molecule has 1 saturated heterocycles. The van der Waals surface area contributed by atoms with Crippen molar-refractivity contribution in [2.24, 2.45) is 0 Å². The molecule has 2 atom stereocenters. The molecule has 116 valence electrons. The topological polar surface area (TPSA) is 32.3 Å². The first-order valence-corrected chi connectivity index (χ1v) is 8.66. The van der Waals surface area contributed by atoms with Crippen molar-refractivity contribution in [2.45, 2.75) is 45.1 Å². The number of carbonyl (C=O) groups is 1. The predicted molar refractivity (Wildman–Crippen MR) is 90.5 cm³/mol. The number of likely N-dealkylation sites (N-methyl/N-ethyl adjacent to an activating group) is 1. The van der Waals surface area contributed by atoms with E-state index in [9.17, 15) is 4.79 Å². The highest BCUT2D eigenvalue weighted by Gasteiger charge is 2.25. The van der Waals surface area contributed by atoms with Crippen LogP contribution in [0.3, 0.4) is 0 Å². The molecule has 1 heterocycles. The van der Waals surface area contributed by atoms with Crippen LogP contribution in [0.2, 0.25) is 0 Å². The molecule has 4 heteroatoms. The summed E-state index contributed by atoms with van der Waals surface area (Å²) < 4.78 is 1.08. The summed E-state index contributed by atoms with van der Waals surface area (Å²) in [6.45, 7) is 7.03. The van der Waals surface area contributed by atoms with Gasteiger partial charge in [-0.2, -0.15) is 0 Å². The van der Waals surface area contributed by atoms with E-state index in [1.165, 1.54) is 5.56 Å². The molecule has 1 aliphatic rings. The van der Waals surface area contributed by atoms with Crippen molar-refractivity contribution < 1.29 is 4.79 Å². The molecular weight excluding hydrogens is 328 g/mol. The second-order valence-corrected chi connectivity index (χ2v) is 6.75. The van der Waals surface area contributed by atoms with E-state index in [-0.39, 0.29) is 11.8 Å². The van der Waals surface area contributed by atoms with Crippen LogP contribution < -0.4 is 5.32 Å². The fraction of sp³-hybridized carbons (Fsp3) is 0.588. The Morgan fingerprint density at radius 1 is 1.43 bits per heavy atom. The first kappa shape index (κ1) is 16.5. The molecular formula is C17H25BrN2O. The van der Waals surface area contributed by atoms with Crippen LogP contribution in [-0.4, -0.2) is 36.5 Å². The molecule has 0 aromatic heterocycles. The first-order valence-electron chi connectivity index (χ1n) is 7.87. The number of benzene rings is 1. The molecule has 0 spiro atoms. The molecule has 21 heavy (non-hydrogen) atoms. The highest BCUT2D eigenvalue weighted by atomic mass is 79.9. The highest BCUT2D eigenvalue weighted by molar-refractivity contribution is 9.10. The Hall–Kier alpha value is -0.870. The quantitative estimate of drug-likeness (QED) is 0.878. The van der Waals surface area contributed by atoms with Crippen LogP contribution in [0.5, 0.6) is 0 Å². The number of halogens is 1. The number of carbonyl (C=O) groups excluding carboxylic acids is 1. The van der Waals surface area contributed by atoms with Crippen LogP contribution in [0, 0.1) is 0 Å². The lowest BCUT2D eigenvalue weighted by Gasteiger charge is -2.34. The summed E-state index contributed by atoms with van der Waals surface area (Å²) in [5.41, 5.74) is 1.23. The van der Waals surface area contributed by atoms with Crippen molar-refractivity contribution in [3.05, 3.63) is 34.3 Å². The highest BCUT2D eigenvalue weighted by Crippen LogP contribution is 2.23. The van der Waals surface area contributed by atoms with Gasteiger partial charge in [0.25, 0.3) is 0 Å². The van der Waals surface area contributed by atoms with E-state index >= 15 is 0 Å². The van der Waals surface area contributed by atoms with Crippen LogP contribution >= 0.6 is 15.9 Å². The zero-order valence-corrected chi connectivity index (χ0v) is 14.5. The van der Waals surface area contributed by atoms with Gasteiger partial charge in [-0.1, -0.05) is 35.0 Å². The summed E-state index contributed by atoms with van der Waals surface area (Å²) in [7, 11) is 0. The van der Waals surface area contributed by atoms with Gasteiger partial charge < -0.3 is 10.2 Å². The van der Waals surface area contributed by atoms with E-state index in [2.05, 4.69) is 52.1 Å². The number of piperidine rings is 1. The van der Waals surface area contributed by atoms with Crippen LogP contribution in [-0.2, 0) is 4.79 Å². The summed E-state index contributed by atoms with van der Waals surface area (Å²) in [4.78, 5) is 14.7. The van der Waals surface area contributed by atoms with Gasteiger partial charge in [0.1, 0.15) is 0 Å². The second kappa shape index (κ2) is 7.95. The molecule has 1 aromatic rings. The zero-order chi connectivity index (χ0) is 15.2. The van der Waals surface area contributed by atoms with E-state index < -0.39 is 0 Å². The largest absolute Gasteiger partial charge is 0.339 e. The summed E-state index contributed by atoms with van der Waals surface area (Å²) in [6, 6.07) is 8.65. The monoisotopic (exact) mass is 352 g/mol. The number of hydrogen-bond donors (Lipinski definition) is 1. The van der Waals surface area contributed by atoms with E-state index in [1.54, 1.807) is 0 Å². The molecule has 0 saturated carbocycles. The predicted octanol–water partition coefficient (Wildman–Crippen LogP) is 3.54. The van der Waals surface area contributed by atoms with Gasteiger partial charge in [-0.15, -0.1) is 0 Å². The average Bonchev–Trinajstić information content (AvgIpc) is 2.49. The minimum atomic E-state index is 0.260. The Morgan fingerprint density at radius 2 is 2.14 bits per heavy atom. The van der Waals surface area contributed by atoms with Crippen LogP contribution in [0.15, 0.2) is 28.7 Å². The van der Waals surface area contributed by atoms with Gasteiger partial charge in [-0.3, -0.25) is 4.79 Å². The maximum Gasteiger partial charge on any atom is 0.223 e. The van der Waals surface area contributed by atoms with Gasteiger partial charge in [0.05, 0.1) is 0 Å². The fourth-order valence-corrected chi connectivity index (χ4v) is 3.29. The SMILES string of the molecule is CCN(C(=O)CC(C)c1ccc(Br)cc1)C1CCCNC1. The zero-order valence-electron chi connectivity index (χ0n) is 12.9. The molecule has 2 unspecified atom stereocenters. The maximum absolute atomic E-state index is 12.6. The van der Waals surface area contributed by atoms with Gasteiger partial charge in [0.15, 0.2) is 0 Å². The number of nitrogens with zero attached hydrogens (tertiary/aromatic N) is 1. The van der Waals surface area contributed by atoms with Crippen molar-refractivity contribution in [2.75, 3.05) is 19.6 Å². The minimum Gasteiger partial charge on any atom is -0.339 e. The Kier molecular flexibility index (Phi) is 6.24. The number of rotatable bonds is 5. The minimum absolute atomic E-state index is 0.260. The molecule has 1 N–H and O–H groups in total. The maximum atomic E-state index is 12.6. The molecule has 0 aliphatic carbocycles. The molecule has 1 amide bonds. The molecule has 1 aliphatic heterocycles. The van der Waals surface area contributed by atoms with Crippen LogP contribution in [0.1, 0.15) is 44.6 Å².